The molecule has 19 heavy (non-hydrogen) atoms. The van der Waals surface area contributed by atoms with Crippen molar-refractivity contribution in [3.8, 4) is 0 Å². The molecular formula is C11H23N3O4S. The minimum absolute atomic E-state index is 0.341. The van der Waals surface area contributed by atoms with E-state index >= 15 is 0 Å². The van der Waals surface area contributed by atoms with E-state index in [2.05, 4.69) is 19.7 Å². The maximum Gasteiger partial charge on any atom is 0.325 e. The molecule has 0 bridgehead atoms. The van der Waals surface area contributed by atoms with Gasteiger partial charge in [0.15, 0.2) is 5.25 Å². The minimum atomic E-state index is -3.63. The molecule has 1 fully saturated rings. The van der Waals surface area contributed by atoms with Gasteiger partial charge in [0.25, 0.3) is 0 Å². The summed E-state index contributed by atoms with van der Waals surface area (Å²) in [7, 11) is -2.45. The lowest BCUT2D eigenvalue weighted by molar-refractivity contribution is -0.139. The monoisotopic (exact) mass is 293 g/mol. The maximum absolute atomic E-state index is 11.7. The van der Waals surface area contributed by atoms with E-state index in [9.17, 15) is 13.2 Å². The first-order valence-electron chi connectivity index (χ1n) is 6.47. The van der Waals surface area contributed by atoms with Crippen molar-refractivity contribution in [2.24, 2.45) is 0 Å². The van der Waals surface area contributed by atoms with Gasteiger partial charge < -0.3 is 15.0 Å². The summed E-state index contributed by atoms with van der Waals surface area (Å²) < 4.78 is 30.4. The average Bonchev–Trinajstić information content (AvgIpc) is 2.43. The Bertz CT molecular complexity index is 379. The van der Waals surface area contributed by atoms with Crippen LogP contribution in [0, 0.1) is 0 Å². The number of ether oxygens (including phenoxy) is 1. The van der Waals surface area contributed by atoms with E-state index in [1.54, 1.807) is 0 Å². The first-order valence-corrected chi connectivity index (χ1v) is 8.01. The fourth-order valence-corrected chi connectivity index (χ4v) is 2.90. The number of esters is 1. The van der Waals surface area contributed by atoms with E-state index in [0.717, 1.165) is 39.1 Å². The summed E-state index contributed by atoms with van der Waals surface area (Å²) in [5.41, 5.74) is 0. The Hall–Kier alpha value is -0.700. The number of carbonyl (C=O) groups is 1. The van der Waals surface area contributed by atoms with E-state index in [4.69, 9.17) is 0 Å². The fraction of sp³-hybridized carbons (Fsp3) is 0.909. The van der Waals surface area contributed by atoms with Crippen molar-refractivity contribution >= 4 is 16.0 Å². The number of carbonyl (C=O) groups excluding carboxylic acids is 1. The number of hydrogen-bond donors (Lipinski definition) is 2. The molecule has 1 atom stereocenters. The first-order chi connectivity index (χ1) is 8.97. The third-order valence-corrected chi connectivity index (χ3v) is 4.89. The van der Waals surface area contributed by atoms with E-state index in [1.807, 2.05) is 0 Å². The van der Waals surface area contributed by atoms with Gasteiger partial charge in [0.1, 0.15) is 0 Å². The predicted molar refractivity (Wildman–Crippen MR) is 72.3 cm³/mol. The van der Waals surface area contributed by atoms with Gasteiger partial charge in [-0.15, -0.1) is 0 Å². The molecule has 2 N–H and O–H groups in total. The lowest BCUT2D eigenvalue weighted by Gasteiger charge is -2.27. The second kappa shape index (κ2) is 7.78. The van der Waals surface area contributed by atoms with Crippen LogP contribution in [0.2, 0.25) is 0 Å². The Morgan fingerprint density at radius 2 is 2.05 bits per heavy atom. The number of nitrogens with zero attached hydrogens (tertiary/aromatic N) is 1. The number of sulfonamides is 1. The molecular weight excluding hydrogens is 270 g/mol. The summed E-state index contributed by atoms with van der Waals surface area (Å²) in [5.74, 6) is -0.741. The van der Waals surface area contributed by atoms with E-state index < -0.39 is 21.2 Å². The van der Waals surface area contributed by atoms with Crippen molar-refractivity contribution in [3.05, 3.63) is 0 Å². The summed E-state index contributed by atoms with van der Waals surface area (Å²) in [6, 6.07) is 0. The summed E-state index contributed by atoms with van der Waals surface area (Å²) >= 11 is 0. The molecule has 1 unspecified atom stereocenters. The van der Waals surface area contributed by atoms with Crippen LogP contribution in [0.4, 0.5) is 0 Å². The molecule has 1 aliphatic rings. The number of rotatable bonds is 7. The molecule has 0 saturated carbocycles. The molecule has 0 amide bonds. The zero-order chi connectivity index (χ0) is 14.3. The van der Waals surface area contributed by atoms with Crippen molar-refractivity contribution in [3.63, 3.8) is 0 Å². The third-order valence-electron chi connectivity index (χ3n) is 3.16. The van der Waals surface area contributed by atoms with Crippen molar-refractivity contribution < 1.29 is 17.9 Å². The van der Waals surface area contributed by atoms with Gasteiger partial charge in [0, 0.05) is 32.7 Å². The largest absolute Gasteiger partial charge is 0.468 e. The molecule has 0 radical (unpaired) electrons. The van der Waals surface area contributed by atoms with Gasteiger partial charge in [-0.1, -0.05) is 0 Å². The number of nitrogens with one attached hydrogen (secondary N) is 2. The van der Waals surface area contributed by atoms with Gasteiger partial charge in [-0.3, -0.25) is 4.79 Å². The second-order valence-corrected chi connectivity index (χ2v) is 6.64. The molecule has 0 aromatic rings. The van der Waals surface area contributed by atoms with Crippen LogP contribution in [0.15, 0.2) is 0 Å². The summed E-state index contributed by atoms with van der Waals surface area (Å²) in [6.45, 7) is 6.46. The Labute approximate surface area is 114 Å². The first kappa shape index (κ1) is 16.4. The highest BCUT2D eigenvalue weighted by Crippen LogP contribution is 2.01. The number of hydrogen-bond acceptors (Lipinski definition) is 6. The Balaban J connectivity index is 2.25. The zero-order valence-electron chi connectivity index (χ0n) is 11.5. The van der Waals surface area contributed by atoms with E-state index in [-0.39, 0.29) is 0 Å². The number of piperazine rings is 1. The highest BCUT2D eigenvalue weighted by atomic mass is 32.2. The van der Waals surface area contributed by atoms with Crippen LogP contribution in [-0.4, -0.2) is 70.9 Å². The van der Waals surface area contributed by atoms with Crippen LogP contribution in [0.3, 0.4) is 0 Å². The molecule has 1 heterocycles. The van der Waals surface area contributed by atoms with Crippen LogP contribution < -0.4 is 10.0 Å². The van der Waals surface area contributed by atoms with Gasteiger partial charge in [-0.25, -0.2) is 13.1 Å². The van der Waals surface area contributed by atoms with Gasteiger partial charge in [-0.05, 0) is 19.9 Å². The van der Waals surface area contributed by atoms with Crippen LogP contribution >= 0.6 is 0 Å². The summed E-state index contributed by atoms with van der Waals surface area (Å²) in [5, 5.41) is 2.09. The standard InChI is InChI=1S/C11H23N3O4S/c1-10(11(15)18-2)19(16,17)13-4-3-7-14-8-5-12-6-9-14/h10,12-13H,3-9H2,1-2H3. The number of methoxy groups -OCH3 is 1. The smallest absolute Gasteiger partial charge is 0.325 e. The quantitative estimate of drug-likeness (QED) is 0.451. The van der Waals surface area contributed by atoms with Gasteiger partial charge >= 0.3 is 5.97 Å². The third kappa shape index (κ3) is 5.43. The molecule has 1 saturated heterocycles. The molecule has 0 aromatic heterocycles. The van der Waals surface area contributed by atoms with Gasteiger partial charge in [-0.2, -0.15) is 0 Å². The van der Waals surface area contributed by atoms with Crippen LogP contribution in [0.1, 0.15) is 13.3 Å². The lowest BCUT2D eigenvalue weighted by Crippen LogP contribution is -2.44. The molecule has 1 aliphatic heterocycles. The van der Waals surface area contributed by atoms with E-state index in [0.29, 0.717) is 6.54 Å². The minimum Gasteiger partial charge on any atom is -0.468 e. The Morgan fingerprint density at radius 3 is 2.63 bits per heavy atom. The zero-order valence-corrected chi connectivity index (χ0v) is 12.3. The average molecular weight is 293 g/mol. The topological polar surface area (TPSA) is 87.7 Å². The molecule has 0 aromatic carbocycles. The maximum atomic E-state index is 11.7. The summed E-state index contributed by atoms with van der Waals surface area (Å²) in [6.07, 6.45) is 0.729. The highest BCUT2D eigenvalue weighted by molar-refractivity contribution is 7.90. The molecule has 8 heteroatoms. The van der Waals surface area contributed by atoms with E-state index in [1.165, 1.54) is 14.0 Å². The SMILES string of the molecule is COC(=O)C(C)S(=O)(=O)NCCCN1CCNCC1. The Kier molecular flexibility index (Phi) is 6.70. The summed E-state index contributed by atoms with van der Waals surface area (Å²) in [4.78, 5) is 13.5. The second-order valence-electron chi connectivity index (χ2n) is 4.55. The normalized spacial score (nSPS) is 19.1. The van der Waals surface area contributed by atoms with Crippen molar-refractivity contribution in [2.45, 2.75) is 18.6 Å². The molecule has 112 valence electrons. The predicted octanol–water partition coefficient (Wildman–Crippen LogP) is -1.24. The van der Waals surface area contributed by atoms with Gasteiger partial charge in [0.2, 0.25) is 10.0 Å². The molecule has 1 rings (SSSR count). The van der Waals surface area contributed by atoms with Crippen LogP contribution in [0.5, 0.6) is 0 Å². The van der Waals surface area contributed by atoms with Crippen molar-refractivity contribution in [2.75, 3.05) is 46.4 Å². The van der Waals surface area contributed by atoms with Crippen molar-refractivity contribution in [1.29, 1.82) is 0 Å². The molecule has 7 nitrogen and oxygen atoms in total. The van der Waals surface area contributed by atoms with Gasteiger partial charge in [0.05, 0.1) is 7.11 Å². The van der Waals surface area contributed by atoms with Crippen molar-refractivity contribution in [1.82, 2.24) is 14.9 Å². The highest BCUT2D eigenvalue weighted by Gasteiger charge is 2.28. The van der Waals surface area contributed by atoms with Crippen LogP contribution in [0.25, 0.3) is 0 Å². The van der Waals surface area contributed by atoms with Crippen LogP contribution in [-0.2, 0) is 19.6 Å². The molecule has 0 spiro atoms. The Morgan fingerprint density at radius 1 is 1.42 bits per heavy atom. The fourth-order valence-electron chi connectivity index (χ4n) is 1.87. The lowest BCUT2D eigenvalue weighted by atomic mass is 10.3. The molecule has 0 aliphatic carbocycles.